The third kappa shape index (κ3) is 6.29. The van der Waals surface area contributed by atoms with E-state index in [1.165, 1.54) is 0 Å². The minimum absolute atomic E-state index is 0.158. The lowest BCUT2D eigenvalue weighted by Crippen LogP contribution is -2.30. The van der Waals surface area contributed by atoms with Crippen LogP contribution in [0.15, 0.2) is 42.5 Å². The molecule has 25 heavy (non-hydrogen) atoms. The number of carbonyl (C=O) groups excluding carboxylic acids is 2. The number of hydrogen-bond donors (Lipinski definition) is 1. The average molecular weight is 382 g/mol. The van der Waals surface area contributed by atoms with Gasteiger partial charge in [0.15, 0.2) is 12.9 Å². The molecule has 0 saturated heterocycles. The Labute approximate surface area is 155 Å². The van der Waals surface area contributed by atoms with Crippen molar-refractivity contribution >= 4 is 35.4 Å². The van der Waals surface area contributed by atoms with Gasteiger partial charge in [-0.25, -0.2) is 0 Å². The fourth-order valence-electron chi connectivity index (χ4n) is 1.98. The molecule has 0 atom stereocenters. The Kier molecular flexibility index (Phi) is 7.57. The molecule has 0 radical (unpaired) electrons. The number of nitrogens with one attached hydrogen (secondary N) is 1. The highest BCUT2D eigenvalue weighted by Gasteiger charge is 2.06. The van der Waals surface area contributed by atoms with Gasteiger partial charge in [-0.2, -0.15) is 0 Å². The summed E-state index contributed by atoms with van der Waals surface area (Å²) in [4.78, 5) is 22.6. The first-order chi connectivity index (χ1) is 12.1. The molecule has 1 amide bonds. The first-order valence-electron chi connectivity index (χ1n) is 7.61. The van der Waals surface area contributed by atoms with E-state index in [1.54, 1.807) is 42.5 Å². The van der Waals surface area contributed by atoms with Crippen molar-refractivity contribution in [3.63, 3.8) is 0 Å². The Balaban J connectivity index is 1.64. The van der Waals surface area contributed by atoms with Gasteiger partial charge in [-0.3, -0.25) is 9.59 Å². The maximum absolute atomic E-state index is 11.7. The van der Waals surface area contributed by atoms with Crippen molar-refractivity contribution < 1.29 is 19.1 Å². The van der Waals surface area contributed by atoms with Gasteiger partial charge in [0.25, 0.3) is 5.91 Å². The van der Waals surface area contributed by atoms with Crippen LogP contribution < -0.4 is 14.8 Å². The Morgan fingerprint density at radius 3 is 2.64 bits per heavy atom. The molecule has 0 saturated carbocycles. The van der Waals surface area contributed by atoms with Crippen molar-refractivity contribution in [2.75, 3.05) is 19.8 Å². The normalized spacial score (nSPS) is 10.2. The summed E-state index contributed by atoms with van der Waals surface area (Å²) < 4.78 is 10.9. The van der Waals surface area contributed by atoms with Crippen LogP contribution in [0.1, 0.15) is 16.8 Å². The molecule has 0 aromatic heterocycles. The van der Waals surface area contributed by atoms with Gasteiger partial charge in [-0.15, -0.1) is 0 Å². The van der Waals surface area contributed by atoms with Crippen LogP contribution in [-0.2, 0) is 4.79 Å². The number of halogens is 2. The summed E-state index contributed by atoms with van der Waals surface area (Å²) in [6.07, 6.45) is 1.29. The Hall–Kier alpha value is -2.24. The van der Waals surface area contributed by atoms with Gasteiger partial charge in [0.1, 0.15) is 11.5 Å². The van der Waals surface area contributed by atoms with Gasteiger partial charge in [-0.05, 0) is 36.8 Å². The van der Waals surface area contributed by atoms with E-state index in [9.17, 15) is 9.59 Å². The highest BCUT2D eigenvalue weighted by Crippen LogP contribution is 2.27. The number of aldehydes is 1. The molecule has 7 heteroatoms. The molecular formula is C18H17Cl2NO4. The van der Waals surface area contributed by atoms with Gasteiger partial charge >= 0.3 is 0 Å². The van der Waals surface area contributed by atoms with E-state index in [0.29, 0.717) is 53.0 Å². The van der Waals surface area contributed by atoms with Crippen LogP contribution in [0.2, 0.25) is 10.0 Å². The SMILES string of the molecule is O=Cc1ccccc1OCC(=O)NCCCOc1ccc(Cl)cc1Cl. The molecular weight excluding hydrogens is 365 g/mol. The summed E-state index contributed by atoms with van der Waals surface area (Å²) in [5.41, 5.74) is 0.406. The summed E-state index contributed by atoms with van der Waals surface area (Å²) in [7, 11) is 0. The molecule has 0 heterocycles. The Morgan fingerprint density at radius 2 is 1.88 bits per heavy atom. The van der Waals surface area contributed by atoms with Crippen LogP contribution in [0.5, 0.6) is 11.5 Å². The fourth-order valence-corrected chi connectivity index (χ4v) is 2.44. The van der Waals surface area contributed by atoms with Crippen LogP contribution in [0.4, 0.5) is 0 Å². The molecule has 132 valence electrons. The summed E-state index contributed by atoms with van der Waals surface area (Å²) in [5.74, 6) is 0.657. The summed E-state index contributed by atoms with van der Waals surface area (Å²) in [5, 5.41) is 3.70. The molecule has 1 N–H and O–H groups in total. The number of amides is 1. The molecule has 0 aliphatic carbocycles. The van der Waals surface area contributed by atoms with E-state index in [4.69, 9.17) is 32.7 Å². The largest absolute Gasteiger partial charge is 0.492 e. The van der Waals surface area contributed by atoms with Crippen molar-refractivity contribution in [1.29, 1.82) is 0 Å². The van der Waals surface area contributed by atoms with E-state index in [1.807, 2.05) is 0 Å². The second-order valence-electron chi connectivity index (χ2n) is 5.07. The van der Waals surface area contributed by atoms with Crippen LogP contribution in [0.3, 0.4) is 0 Å². The smallest absolute Gasteiger partial charge is 0.257 e. The van der Waals surface area contributed by atoms with E-state index in [0.717, 1.165) is 0 Å². The van der Waals surface area contributed by atoms with Crippen molar-refractivity contribution in [2.24, 2.45) is 0 Å². The highest BCUT2D eigenvalue weighted by molar-refractivity contribution is 6.35. The van der Waals surface area contributed by atoms with Crippen LogP contribution in [-0.4, -0.2) is 32.0 Å². The summed E-state index contributed by atoms with van der Waals surface area (Å²) in [6.45, 7) is 0.675. The van der Waals surface area contributed by atoms with Gasteiger partial charge < -0.3 is 14.8 Å². The molecule has 2 rings (SSSR count). The van der Waals surface area contributed by atoms with Gasteiger partial charge in [0.05, 0.1) is 17.2 Å². The van der Waals surface area contributed by atoms with Crippen molar-refractivity contribution in [3.05, 3.63) is 58.1 Å². The zero-order valence-corrected chi connectivity index (χ0v) is 14.8. The first-order valence-corrected chi connectivity index (χ1v) is 8.37. The number of benzene rings is 2. The maximum Gasteiger partial charge on any atom is 0.257 e. The Morgan fingerprint density at radius 1 is 1.08 bits per heavy atom. The van der Waals surface area contributed by atoms with Crippen molar-refractivity contribution in [2.45, 2.75) is 6.42 Å². The van der Waals surface area contributed by atoms with E-state index < -0.39 is 0 Å². The van der Waals surface area contributed by atoms with Crippen molar-refractivity contribution in [3.8, 4) is 11.5 Å². The van der Waals surface area contributed by atoms with E-state index in [-0.39, 0.29) is 12.5 Å². The monoisotopic (exact) mass is 381 g/mol. The zero-order chi connectivity index (χ0) is 18.1. The van der Waals surface area contributed by atoms with Crippen LogP contribution in [0.25, 0.3) is 0 Å². The minimum Gasteiger partial charge on any atom is -0.492 e. The zero-order valence-electron chi connectivity index (χ0n) is 13.3. The van der Waals surface area contributed by atoms with E-state index >= 15 is 0 Å². The third-order valence-electron chi connectivity index (χ3n) is 3.20. The number of rotatable bonds is 9. The van der Waals surface area contributed by atoms with Gasteiger partial charge in [0.2, 0.25) is 0 Å². The standard InChI is InChI=1S/C18H17Cl2NO4/c19-14-6-7-17(15(20)10-14)24-9-3-8-21-18(23)12-25-16-5-2-1-4-13(16)11-22/h1-2,4-7,10-11H,3,8-9,12H2,(H,21,23). The molecule has 0 fully saturated rings. The molecule has 0 aliphatic rings. The van der Waals surface area contributed by atoms with E-state index in [2.05, 4.69) is 5.32 Å². The lowest BCUT2D eigenvalue weighted by molar-refractivity contribution is -0.123. The lowest BCUT2D eigenvalue weighted by Gasteiger charge is -2.10. The average Bonchev–Trinajstić information content (AvgIpc) is 2.61. The second kappa shape index (κ2) is 9.91. The molecule has 5 nitrogen and oxygen atoms in total. The molecule has 0 aliphatic heterocycles. The summed E-state index contributed by atoms with van der Waals surface area (Å²) >= 11 is 11.8. The fraction of sp³-hybridized carbons (Fsp3) is 0.222. The molecule has 2 aromatic carbocycles. The third-order valence-corrected chi connectivity index (χ3v) is 3.73. The molecule has 0 spiro atoms. The molecule has 2 aromatic rings. The number of hydrogen-bond acceptors (Lipinski definition) is 4. The molecule has 0 bridgehead atoms. The number of para-hydroxylation sites is 1. The van der Waals surface area contributed by atoms with Gasteiger partial charge in [0, 0.05) is 11.6 Å². The maximum atomic E-state index is 11.7. The first kappa shape index (κ1) is 19.1. The van der Waals surface area contributed by atoms with Crippen molar-refractivity contribution in [1.82, 2.24) is 5.32 Å². The van der Waals surface area contributed by atoms with Crippen LogP contribution >= 0.6 is 23.2 Å². The predicted molar refractivity (Wildman–Crippen MR) is 96.9 cm³/mol. The van der Waals surface area contributed by atoms with Crippen LogP contribution in [0, 0.1) is 0 Å². The molecule has 0 unspecified atom stereocenters. The number of carbonyl (C=O) groups is 2. The number of ether oxygens (including phenoxy) is 2. The second-order valence-corrected chi connectivity index (χ2v) is 5.91. The lowest BCUT2D eigenvalue weighted by atomic mass is 10.2. The topological polar surface area (TPSA) is 64.6 Å². The minimum atomic E-state index is -0.273. The highest BCUT2D eigenvalue weighted by atomic mass is 35.5. The van der Waals surface area contributed by atoms with Gasteiger partial charge in [-0.1, -0.05) is 35.3 Å². The summed E-state index contributed by atoms with van der Waals surface area (Å²) in [6, 6.07) is 11.7. The quantitative estimate of drug-likeness (QED) is 0.530. The predicted octanol–water partition coefficient (Wildman–Crippen LogP) is 3.77. The Bertz CT molecular complexity index is 737.